The number of oxazole rings is 1. The molecule has 2 aromatic heterocycles. The summed E-state index contributed by atoms with van der Waals surface area (Å²) in [5, 5.41) is 0.569. The van der Waals surface area contributed by atoms with Crippen molar-refractivity contribution in [2.24, 2.45) is 16.6 Å². The third-order valence-electron chi connectivity index (χ3n) is 6.01. The lowest BCUT2D eigenvalue weighted by atomic mass is 9.83. The number of aliphatic imine (C=N–C) groups is 1. The second-order valence-corrected chi connectivity index (χ2v) is 9.69. The number of pyridine rings is 1. The molecule has 5 rings (SSSR count). The minimum Gasteiger partial charge on any atom is -0.447 e. The topological polar surface area (TPSA) is 94.4 Å². The molecule has 0 saturated heterocycles. The number of aromatic nitrogens is 2. The summed E-state index contributed by atoms with van der Waals surface area (Å²) >= 11 is 7.11. The number of benzene rings is 1. The molecule has 0 bridgehead atoms. The fraction of sp³-hybridized carbons (Fsp3) is 0.273. The normalized spacial score (nSPS) is 26.3. The molecule has 0 amide bonds. The zero-order chi connectivity index (χ0) is 22.5. The minimum atomic E-state index is -1.51. The van der Waals surface area contributed by atoms with Gasteiger partial charge in [-0.25, -0.2) is 18.8 Å². The van der Waals surface area contributed by atoms with Gasteiger partial charge in [0.25, 0.3) is 0 Å². The maximum Gasteiger partial charge on any atom is 0.185 e. The first-order valence-corrected chi connectivity index (χ1v) is 11.0. The summed E-state index contributed by atoms with van der Waals surface area (Å²) in [7, 11) is 0. The SMILES string of the molecule is NC1=N[C@](CF)(c2cc(CC(=O)c3ccc(Cl)cn3)ccc2F)[C@@H]2C[C@]2(c2cnco2)S1. The van der Waals surface area contributed by atoms with E-state index in [4.69, 9.17) is 21.8 Å². The van der Waals surface area contributed by atoms with E-state index in [1.807, 2.05) is 0 Å². The fourth-order valence-electron chi connectivity index (χ4n) is 4.42. The molecule has 0 unspecified atom stereocenters. The number of ketones is 1. The molecular formula is C22H17ClF2N4O2S. The number of amidine groups is 1. The van der Waals surface area contributed by atoms with Crippen LogP contribution in [0.1, 0.15) is 33.8 Å². The molecule has 10 heteroatoms. The van der Waals surface area contributed by atoms with E-state index < -0.39 is 22.8 Å². The summed E-state index contributed by atoms with van der Waals surface area (Å²) in [5.41, 5.74) is 5.40. The summed E-state index contributed by atoms with van der Waals surface area (Å²) in [5.74, 6) is -0.684. The maximum atomic E-state index is 15.0. The van der Waals surface area contributed by atoms with Gasteiger partial charge in [0.2, 0.25) is 0 Å². The zero-order valence-electron chi connectivity index (χ0n) is 16.6. The lowest BCUT2D eigenvalue weighted by Gasteiger charge is -2.34. The summed E-state index contributed by atoms with van der Waals surface area (Å²) in [6.07, 6.45) is 4.74. The van der Waals surface area contributed by atoms with Crippen molar-refractivity contribution >= 4 is 34.3 Å². The molecule has 0 radical (unpaired) electrons. The van der Waals surface area contributed by atoms with Crippen molar-refractivity contribution in [3.05, 3.63) is 82.5 Å². The number of fused-ring (bicyclic) bond motifs is 1. The quantitative estimate of drug-likeness (QED) is 0.531. The van der Waals surface area contributed by atoms with Crippen LogP contribution in [0.4, 0.5) is 8.78 Å². The van der Waals surface area contributed by atoms with Gasteiger partial charge in [0.05, 0.1) is 16.0 Å². The Kier molecular flexibility index (Phi) is 5.05. The molecule has 2 N–H and O–H groups in total. The Hall–Kier alpha value is -2.78. The number of carbonyl (C=O) groups is 1. The van der Waals surface area contributed by atoms with Crippen LogP contribution in [0.25, 0.3) is 0 Å². The van der Waals surface area contributed by atoms with Crippen LogP contribution < -0.4 is 5.73 Å². The molecule has 3 heterocycles. The molecule has 1 aliphatic carbocycles. The first kappa shape index (κ1) is 21.1. The van der Waals surface area contributed by atoms with Crippen molar-refractivity contribution in [2.75, 3.05) is 6.67 Å². The second kappa shape index (κ2) is 7.67. The smallest absolute Gasteiger partial charge is 0.185 e. The Bertz CT molecular complexity index is 1220. The van der Waals surface area contributed by atoms with Crippen LogP contribution in [0.3, 0.4) is 0 Å². The van der Waals surface area contributed by atoms with Crippen LogP contribution in [-0.2, 0) is 16.7 Å². The highest BCUT2D eigenvalue weighted by molar-refractivity contribution is 8.14. The van der Waals surface area contributed by atoms with E-state index in [2.05, 4.69) is 15.0 Å². The predicted octanol–water partition coefficient (Wildman–Crippen LogP) is 4.43. The molecule has 1 saturated carbocycles. The number of alkyl halides is 1. The van der Waals surface area contributed by atoms with Gasteiger partial charge in [0.15, 0.2) is 17.3 Å². The predicted molar refractivity (Wildman–Crippen MR) is 117 cm³/mol. The number of hydrogen-bond acceptors (Lipinski definition) is 7. The van der Waals surface area contributed by atoms with Gasteiger partial charge < -0.3 is 10.2 Å². The lowest BCUT2D eigenvalue weighted by molar-refractivity contribution is 0.0988. The second-order valence-electron chi connectivity index (χ2n) is 7.90. The van der Waals surface area contributed by atoms with Crippen molar-refractivity contribution < 1.29 is 18.0 Å². The lowest BCUT2D eigenvalue weighted by Crippen LogP contribution is -2.39. The van der Waals surface area contributed by atoms with Gasteiger partial charge in [0.1, 0.15) is 29.5 Å². The molecule has 2 aliphatic rings. The Labute approximate surface area is 191 Å². The minimum absolute atomic E-state index is 0.0316. The monoisotopic (exact) mass is 474 g/mol. The first-order valence-electron chi connectivity index (χ1n) is 9.81. The summed E-state index contributed by atoms with van der Waals surface area (Å²) < 4.78 is 34.6. The zero-order valence-corrected chi connectivity index (χ0v) is 18.2. The molecule has 32 heavy (non-hydrogen) atoms. The van der Waals surface area contributed by atoms with Gasteiger partial charge in [-0.3, -0.25) is 9.78 Å². The van der Waals surface area contributed by atoms with Crippen LogP contribution in [0.15, 0.2) is 58.5 Å². The largest absolute Gasteiger partial charge is 0.447 e. The van der Waals surface area contributed by atoms with E-state index in [1.54, 1.807) is 12.3 Å². The molecular weight excluding hydrogens is 458 g/mol. The average Bonchev–Trinajstić information content (AvgIpc) is 3.26. The Morgan fingerprint density at radius 2 is 2.16 bits per heavy atom. The molecule has 6 nitrogen and oxygen atoms in total. The van der Waals surface area contributed by atoms with Crippen molar-refractivity contribution in [1.82, 2.24) is 9.97 Å². The third-order valence-corrected chi connectivity index (χ3v) is 7.55. The molecule has 1 aromatic carbocycles. The third kappa shape index (κ3) is 3.31. The molecule has 1 aliphatic heterocycles. The molecule has 3 atom stereocenters. The highest BCUT2D eigenvalue weighted by Gasteiger charge is 2.70. The van der Waals surface area contributed by atoms with Crippen molar-refractivity contribution in [3.63, 3.8) is 0 Å². The van der Waals surface area contributed by atoms with Gasteiger partial charge in [0, 0.05) is 24.1 Å². The van der Waals surface area contributed by atoms with E-state index in [0.29, 0.717) is 22.8 Å². The Morgan fingerprint density at radius 1 is 1.31 bits per heavy atom. The van der Waals surface area contributed by atoms with Gasteiger partial charge in [-0.2, -0.15) is 0 Å². The van der Waals surface area contributed by atoms with Gasteiger partial charge in [-0.15, -0.1) is 0 Å². The van der Waals surface area contributed by atoms with E-state index in [-0.39, 0.29) is 34.5 Å². The van der Waals surface area contributed by atoms with Gasteiger partial charge in [-0.1, -0.05) is 29.4 Å². The Balaban J connectivity index is 1.51. The van der Waals surface area contributed by atoms with Crippen LogP contribution in [0, 0.1) is 11.7 Å². The van der Waals surface area contributed by atoms with E-state index in [9.17, 15) is 9.18 Å². The number of thioether (sulfide) groups is 1. The molecule has 1 fully saturated rings. The molecule has 3 aromatic rings. The maximum absolute atomic E-state index is 15.0. The molecule has 164 valence electrons. The van der Waals surface area contributed by atoms with Crippen LogP contribution >= 0.6 is 23.4 Å². The number of Topliss-reactive ketones (excluding diaryl/α,β-unsaturated/α-hetero) is 1. The number of carbonyl (C=O) groups excluding carboxylic acids is 1. The average molecular weight is 475 g/mol. The first-order chi connectivity index (χ1) is 15.4. The van der Waals surface area contributed by atoms with Gasteiger partial charge >= 0.3 is 0 Å². The number of halogens is 3. The molecule has 0 spiro atoms. The van der Waals surface area contributed by atoms with Crippen LogP contribution in [0.5, 0.6) is 0 Å². The van der Waals surface area contributed by atoms with E-state index in [0.717, 1.165) is 0 Å². The van der Waals surface area contributed by atoms with Crippen molar-refractivity contribution in [2.45, 2.75) is 23.1 Å². The number of rotatable bonds is 6. The van der Waals surface area contributed by atoms with E-state index in [1.165, 1.54) is 48.6 Å². The Morgan fingerprint density at radius 3 is 2.84 bits per heavy atom. The summed E-state index contributed by atoms with van der Waals surface area (Å²) in [4.78, 5) is 25.0. The number of hydrogen-bond donors (Lipinski definition) is 1. The van der Waals surface area contributed by atoms with Gasteiger partial charge in [-0.05, 0) is 36.2 Å². The highest BCUT2D eigenvalue weighted by Crippen LogP contribution is 2.71. The van der Waals surface area contributed by atoms with Crippen molar-refractivity contribution in [3.8, 4) is 0 Å². The number of nitrogens with zero attached hydrogens (tertiary/aromatic N) is 3. The fourth-order valence-corrected chi connectivity index (χ4v) is 5.90. The van der Waals surface area contributed by atoms with Crippen molar-refractivity contribution in [1.29, 1.82) is 0 Å². The summed E-state index contributed by atoms with van der Waals surface area (Å²) in [6, 6.07) is 7.33. The van der Waals surface area contributed by atoms with Crippen LogP contribution in [0.2, 0.25) is 5.02 Å². The summed E-state index contributed by atoms with van der Waals surface area (Å²) in [6.45, 7) is -0.943. The van der Waals surface area contributed by atoms with E-state index >= 15 is 4.39 Å². The van der Waals surface area contributed by atoms with Crippen LogP contribution in [-0.4, -0.2) is 27.6 Å². The standard InChI is InChI=1S/C22H17ClF2N4O2S/c23-13-2-4-16(28-8-13)17(30)6-12-1-3-15(25)14(5-12)21(10-24)18-7-22(18,32-20(26)29-21)19-9-27-11-31-19/h1-5,8-9,11,18H,6-7,10H2,(H2,26,29)/t18-,21+,22-/m0/s1. The number of nitrogens with two attached hydrogens (primary N) is 1. The highest BCUT2D eigenvalue weighted by atomic mass is 35.5.